The highest BCUT2D eigenvalue weighted by molar-refractivity contribution is 8.26. The van der Waals surface area contributed by atoms with Crippen LogP contribution in [0.25, 0.3) is 6.08 Å². The molecule has 8 heteroatoms. The van der Waals surface area contributed by atoms with Crippen LogP contribution in [0.1, 0.15) is 12.2 Å². The van der Waals surface area contributed by atoms with Gasteiger partial charge in [0.1, 0.15) is 10.1 Å². The second-order valence-electron chi connectivity index (χ2n) is 5.16. The molecule has 2 aromatic rings. The molecule has 25 heavy (non-hydrogen) atoms. The maximum absolute atomic E-state index is 12.4. The van der Waals surface area contributed by atoms with E-state index in [0.717, 1.165) is 0 Å². The third kappa shape index (κ3) is 4.50. The summed E-state index contributed by atoms with van der Waals surface area (Å²) in [6.45, 7) is 0.215. The molecule has 128 valence electrons. The lowest BCUT2D eigenvalue weighted by molar-refractivity contribution is -0.122. The Kier molecular flexibility index (Phi) is 5.57. The number of halogens is 1. The number of rotatable bonds is 5. The second-order valence-corrected chi connectivity index (χ2v) is 7.27. The molecule has 0 spiro atoms. The lowest BCUT2D eigenvalue weighted by atomic mass is 10.3. The molecule has 5 nitrogen and oxygen atoms in total. The van der Waals surface area contributed by atoms with Gasteiger partial charge in [0, 0.05) is 29.8 Å². The fourth-order valence-electron chi connectivity index (χ4n) is 2.20. The van der Waals surface area contributed by atoms with Crippen LogP contribution >= 0.6 is 35.6 Å². The summed E-state index contributed by atoms with van der Waals surface area (Å²) >= 11 is 12.3. The Morgan fingerprint density at radius 1 is 1.36 bits per heavy atom. The smallest absolute Gasteiger partial charge is 0.266 e. The molecule has 1 aliphatic rings. The molecule has 0 bridgehead atoms. The standard InChI is InChI=1S/C17H13ClN2O3S2/c18-11-3-1-4-12(9-11)19-15(21)6-7-20-16(22)14(25-17(20)24)10-13-5-2-8-23-13/h1-5,8-10H,6-7H2,(H,19,21)/b14-10+. The first-order valence-electron chi connectivity index (χ1n) is 7.37. The second kappa shape index (κ2) is 7.86. The highest BCUT2D eigenvalue weighted by Crippen LogP contribution is 2.32. The van der Waals surface area contributed by atoms with Gasteiger partial charge in [0.05, 0.1) is 11.2 Å². The van der Waals surface area contributed by atoms with Crippen LogP contribution in [0.5, 0.6) is 0 Å². The predicted octanol–water partition coefficient (Wildman–Crippen LogP) is 4.16. The van der Waals surface area contributed by atoms with Crippen molar-refractivity contribution in [3.63, 3.8) is 0 Å². The highest BCUT2D eigenvalue weighted by atomic mass is 35.5. The predicted molar refractivity (Wildman–Crippen MR) is 103 cm³/mol. The van der Waals surface area contributed by atoms with Gasteiger partial charge in [-0.25, -0.2) is 0 Å². The Hall–Kier alpha value is -2.09. The maximum Gasteiger partial charge on any atom is 0.266 e. The van der Waals surface area contributed by atoms with Crippen LogP contribution in [0.4, 0.5) is 5.69 Å². The number of thioether (sulfide) groups is 1. The topological polar surface area (TPSA) is 62.6 Å². The molecule has 2 heterocycles. The molecule has 3 rings (SSSR count). The molecular formula is C17H13ClN2O3S2. The molecule has 0 aliphatic carbocycles. The third-order valence-electron chi connectivity index (χ3n) is 3.36. The summed E-state index contributed by atoms with van der Waals surface area (Å²) in [7, 11) is 0. The van der Waals surface area contributed by atoms with Gasteiger partial charge in [0.2, 0.25) is 5.91 Å². The molecular weight excluding hydrogens is 380 g/mol. The van der Waals surface area contributed by atoms with Crippen molar-refractivity contribution in [2.24, 2.45) is 0 Å². The Bertz CT molecular complexity index is 849. The van der Waals surface area contributed by atoms with Gasteiger partial charge in [0.15, 0.2) is 0 Å². The average molecular weight is 393 g/mol. The zero-order valence-corrected chi connectivity index (χ0v) is 15.3. The summed E-state index contributed by atoms with van der Waals surface area (Å²) in [5, 5.41) is 3.28. The summed E-state index contributed by atoms with van der Waals surface area (Å²) in [6, 6.07) is 10.4. The zero-order chi connectivity index (χ0) is 17.8. The zero-order valence-electron chi connectivity index (χ0n) is 12.9. The van der Waals surface area contributed by atoms with E-state index in [1.54, 1.807) is 42.5 Å². The van der Waals surface area contributed by atoms with Crippen LogP contribution < -0.4 is 5.32 Å². The fraction of sp³-hybridized carbons (Fsp3) is 0.118. The number of carbonyl (C=O) groups is 2. The number of anilines is 1. The minimum absolute atomic E-state index is 0.132. The molecule has 0 unspecified atom stereocenters. The van der Waals surface area contributed by atoms with E-state index in [-0.39, 0.29) is 24.8 Å². The summed E-state index contributed by atoms with van der Waals surface area (Å²) in [5.41, 5.74) is 0.612. The van der Waals surface area contributed by atoms with Gasteiger partial charge in [0.25, 0.3) is 5.91 Å². The van der Waals surface area contributed by atoms with E-state index in [0.29, 0.717) is 25.7 Å². The number of carbonyl (C=O) groups excluding carboxylic acids is 2. The van der Waals surface area contributed by atoms with Gasteiger partial charge in [-0.1, -0.05) is 41.6 Å². The van der Waals surface area contributed by atoms with Crippen LogP contribution in [0.15, 0.2) is 52.0 Å². The molecule has 1 aromatic heterocycles. The summed E-state index contributed by atoms with van der Waals surface area (Å²) in [6.07, 6.45) is 3.31. The summed E-state index contributed by atoms with van der Waals surface area (Å²) in [5.74, 6) is 0.146. The summed E-state index contributed by atoms with van der Waals surface area (Å²) in [4.78, 5) is 26.4. The van der Waals surface area contributed by atoms with Crippen molar-refractivity contribution in [1.82, 2.24) is 4.90 Å². The van der Waals surface area contributed by atoms with Crippen molar-refractivity contribution in [1.29, 1.82) is 0 Å². The van der Waals surface area contributed by atoms with Gasteiger partial charge in [-0.05, 0) is 30.3 Å². The van der Waals surface area contributed by atoms with Crippen molar-refractivity contribution in [3.8, 4) is 0 Å². The largest absolute Gasteiger partial charge is 0.465 e. The Balaban J connectivity index is 1.58. The Labute approximate surface area is 159 Å². The highest BCUT2D eigenvalue weighted by Gasteiger charge is 2.32. The van der Waals surface area contributed by atoms with E-state index in [4.69, 9.17) is 28.2 Å². The molecule has 1 aliphatic heterocycles. The number of hydrogen-bond donors (Lipinski definition) is 1. The molecule has 1 aromatic carbocycles. The van der Waals surface area contributed by atoms with Crippen LogP contribution in [0, 0.1) is 0 Å². The van der Waals surface area contributed by atoms with E-state index >= 15 is 0 Å². The monoisotopic (exact) mass is 392 g/mol. The van der Waals surface area contributed by atoms with Crippen LogP contribution in [-0.4, -0.2) is 27.6 Å². The van der Waals surface area contributed by atoms with Crippen molar-refractivity contribution in [2.75, 3.05) is 11.9 Å². The minimum Gasteiger partial charge on any atom is -0.465 e. The van der Waals surface area contributed by atoms with Gasteiger partial charge in [-0.2, -0.15) is 0 Å². The molecule has 0 radical (unpaired) electrons. The van der Waals surface area contributed by atoms with Crippen LogP contribution in [0.2, 0.25) is 5.02 Å². The van der Waals surface area contributed by atoms with Crippen molar-refractivity contribution in [3.05, 3.63) is 58.3 Å². The number of hydrogen-bond acceptors (Lipinski definition) is 5. The molecule has 0 atom stereocenters. The van der Waals surface area contributed by atoms with E-state index in [2.05, 4.69) is 5.32 Å². The minimum atomic E-state index is -0.220. The van der Waals surface area contributed by atoms with Gasteiger partial charge < -0.3 is 9.73 Å². The first-order chi connectivity index (χ1) is 12.0. The quantitative estimate of drug-likeness (QED) is 0.611. The van der Waals surface area contributed by atoms with Crippen LogP contribution in [0.3, 0.4) is 0 Å². The number of benzene rings is 1. The molecule has 1 N–H and O–H groups in total. The summed E-state index contributed by atoms with van der Waals surface area (Å²) < 4.78 is 5.64. The number of nitrogens with one attached hydrogen (secondary N) is 1. The number of thiocarbonyl (C=S) groups is 1. The van der Waals surface area contributed by atoms with Gasteiger partial charge in [-0.3, -0.25) is 14.5 Å². The number of nitrogens with zero attached hydrogens (tertiary/aromatic N) is 1. The van der Waals surface area contributed by atoms with Crippen molar-refractivity contribution < 1.29 is 14.0 Å². The van der Waals surface area contributed by atoms with E-state index in [1.165, 1.54) is 22.9 Å². The molecule has 1 saturated heterocycles. The third-order valence-corrected chi connectivity index (χ3v) is 4.97. The van der Waals surface area contributed by atoms with E-state index < -0.39 is 0 Å². The maximum atomic E-state index is 12.4. The average Bonchev–Trinajstić information content (AvgIpc) is 3.15. The Morgan fingerprint density at radius 3 is 2.92 bits per heavy atom. The first kappa shape index (κ1) is 17.7. The van der Waals surface area contributed by atoms with E-state index in [9.17, 15) is 9.59 Å². The number of amides is 2. The normalized spacial score (nSPS) is 15.9. The lowest BCUT2D eigenvalue weighted by Crippen LogP contribution is -2.31. The van der Waals surface area contributed by atoms with Crippen molar-refractivity contribution >= 4 is 63.5 Å². The van der Waals surface area contributed by atoms with Gasteiger partial charge in [-0.15, -0.1) is 0 Å². The lowest BCUT2D eigenvalue weighted by Gasteiger charge is -2.14. The van der Waals surface area contributed by atoms with Gasteiger partial charge >= 0.3 is 0 Å². The number of furan rings is 1. The molecule has 1 fully saturated rings. The first-order valence-corrected chi connectivity index (χ1v) is 8.97. The SMILES string of the molecule is O=C(CCN1C(=O)/C(=C\c2ccco2)SC1=S)Nc1cccc(Cl)c1. The Morgan fingerprint density at radius 2 is 2.20 bits per heavy atom. The van der Waals surface area contributed by atoms with Crippen LogP contribution in [-0.2, 0) is 9.59 Å². The van der Waals surface area contributed by atoms with Crippen molar-refractivity contribution in [2.45, 2.75) is 6.42 Å². The van der Waals surface area contributed by atoms with E-state index in [1.807, 2.05) is 0 Å². The fourth-order valence-corrected chi connectivity index (χ4v) is 3.68. The molecule has 2 amide bonds. The molecule has 0 saturated carbocycles.